The Kier molecular flexibility index (Phi) is 8.49. The van der Waals surface area contributed by atoms with E-state index in [0.29, 0.717) is 0 Å². The van der Waals surface area contributed by atoms with Gasteiger partial charge in [0.05, 0.1) is 12.6 Å². The van der Waals surface area contributed by atoms with E-state index in [2.05, 4.69) is 17.6 Å². The molecule has 0 spiro atoms. The minimum absolute atomic E-state index is 0.189. The van der Waals surface area contributed by atoms with Gasteiger partial charge in [0.15, 0.2) is 0 Å². The van der Waals surface area contributed by atoms with Crippen molar-refractivity contribution in [2.45, 2.75) is 32.6 Å². The van der Waals surface area contributed by atoms with Crippen molar-refractivity contribution < 1.29 is 9.46 Å². The summed E-state index contributed by atoms with van der Waals surface area (Å²) >= 11 is 0. The molecule has 0 heterocycles. The Balaban J connectivity index is 3.30. The molecule has 0 aromatic rings. The highest BCUT2D eigenvalue weighted by Gasteiger charge is 2.15. The molecule has 0 bridgehead atoms. The molecule has 0 saturated heterocycles. The van der Waals surface area contributed by atoms with E-state index in [-0.39, 0.29) is 12.6 Å². The zero-order valence-electron chi connectivity index (χ0n) is 9.25. The highest BCUT2D eigenvalue weighted by Crippen LogP contribution is 2.36. The molecule has 0 aliphatic heterocycles. The molecular weight excluding hydrogens is 199 g/mol. The van der Waals surface area contributed by atoms with Crippen LogP contribution in [0.3, 0.4) is 0 Å². The van der Waals surface area contributed by atoms with E-state index in [9.17, 15) is 9.46 Å². The van der Waals surface area contributed by atoms with Gasteiger partial charge in [-0.3, -0.25) is 4.57 Å². The van der Waals surface area contributed by atoms with Crippen LogP contribution < -0.4 is 10.6 Å². The summed E-state index contributed by atoms with van der Waals surface area (Å²) in [5.41, 5.74) is 0. The first-order chi connectivity index (χ1) is 6.62. The fourth-order valence-electron chi connectivity index (χ4n) is 1.23. The summed E-state index contributed by atoms with van der Waals surface area (Å²) < 4.78 is 11.3. The van der Waals surface area contributed by atoms with Crippen LogP contribution in [0.2, 0.25) is 0 Å². The molecule has 0 aromatic heterocycles. The zero-order chi connectivity index (χ0) is 10.9. The highest BCUT2D eigenvalue weighted by molar-refractivity contribution is 7.57. The molecule has 0 saturated carbocycles. The van der Waals surface area contributed by atoms with E-state index in [1.807, 2.05) is 0 Å². The first-order valence-corrected chi connectivity index (χ1v) is 7.31. The lowest BCUT2D eigenvalue weighted by molar-refractivity contribution is 0.466. The number of rotatable bonds is 9. The van der Waals surface area contributed by atoms with Crippen LogP contribution in [0, 0.1) is 0 Å². The third kappa shape index (κ3) is 8.70. The van der Waals surface area contributed by atoms with Gasteiger partial charge in [-0.1, -0.05) is 26.2 Å². The van der Waals surface area contributed by atoms with Crippen LogP contribution >= 0.6 is 7.37 Å². The maximum atomic E-state index is 11.3. The molecule has 0 amide bonds. The van der Waals surface area contributed by atoms with Crippen LogP contribution in [-0.2, 0) is 4.57 Å². The minimum atomic E-state index is -2.97. The Morgan fingerprint density at radius 1 is 1.21 bits per heavy atom. The van der Waals surface area contributed by atoms with Crippen LogP contribution in [-0.4, -0.2) is 31.1 Å². The van der Waals surface area contributed by atoms with Gasteiger partial charge in [-0.25, -0.2) is 0 Å². The van der Waals surface area contributed by atoms with E-state index >= 15 is 0 Å². The smallest absolute Gasteiger partial charge is 0.227 e. The summed E-state index contributed by atoms with van der Waals surface area (Å²) in [5.74, 6) is 0. The molecule has 0 aliphatic carbocycles. The van der Waals surface area contributed by atoms with Crippen LogP contribution in [0.25, 0.3) is 0 Å². The van der Waals surface area contributed by atoms with E-state index in [1.165, 1.54) is 19.3 Å². The van der Waals surface area contributed by atoms with Crippen LogP contribution in [0.5, 0.6) is 0 Å². The average molecular weight is 222 g/mol. The molecular formula is C9H23N2O2P. The number of hydrogen-bond acceptors (Lipinski definition) is 3. The molecule has 4 nitrogen and oxygen atoms in total. The van der Waals surface area contributed by atoms with Gasteiger partial charge in [-0.15, -0.1) is 0 Å². The summed E-state index contributed by atoms with van der Waals surface area (Å²) in [5, 5.41) is 5.73. The lowest BCUT2D eigenvalue weighted by Gasteiger charge is -2.11. The lowest BCUT2D eigenvalue weighted by atomic mass is 10.2. The summed E-state index contributed by atoms with van der Waals surface area (Å²) in [7, 11) is -1.29. The van der Waals surface area contributed by atoms with Crippen LogP contribution in [0.4, 0.5) is 0 Å². The van der Waals surface area contributed by atoms with Gasteiger partial charge in [0, 0.05) is 0 Å². The number of hydrogen-bond donors (Lipinski definition) is 3. The molecule has 86 valence electrons. The maximum Gasteiger partial charge on any atom is 0.227 e. The molecule has 0 radical (unpaired) electrons. The molecule has 0 fully saturated rings. The molecule has 14 heavy (non-hydrogen) atoms. The van der Waals surface area contributed by atoms with Crippen molar-refractivity contribution in [3.05, 3.63) is 0 Å². The highest BCUT2D eigenvalue weighted by atomic mass is 31.2. The van der Waals surface area contributed by atoms with E-state index in [1.54, 1.807) is 7.05 Å². The zero-order valence-corrected chi connectivity index (χ0v) is 10.1. The Morgan fingerprint density at radius 2 is 1.93 bits per heavy atom. The van der Waals surface area contributed by atoms with Crippen molar-refractivity contribution >= 4 is 7.37 Å². The van der Waals surface area contributed by atoms with Gasteiger partial charge < -0.3 is 15.5 Å². The van der Waals surface area contributed by atoms with Crippen molar-refractivity contribution in [3.8, 4) is 0 Å². The SMILES string of the molecule is CCCCCCNCP(=O)(O)CNC. The predicted octanol–water partition coefficient (Wildman–Crippen LogP) is 1.56. The summed E-state index contributed by atoms with van der Waals surface area (Å²) in [6.45, 7) is 3.01. The monoisotopic (exact) mass is 222 g/mol. The molecule has 1 atom stereocenters. The summed E-state index contributed by atoms with van der Waals surface area (Å²) in [6, 6.07) is 0. The van der Waals surface area contributed by atoms with E-state index in [0.717, 1.165) is 13.0 Å². The fraction of sp³-hybridized carbons (Fsp3) is 1.00. The summed E-state index contributed by atoms with van der Waals surface area (Å²) in [6.07, 6.45) is 5.17. The Labute approximate surface area is 86.9 Å². The van der Waals surface area contributed by atoms with Crippen molar-refractivity contribution in [2.24, 2.45) is 0 Å². The predicted molar refractivity (Wildman–Crippen MR) is 60.8 cm³/mol. The van der Waals surface area contributed by atoms with E-state index < -0.39 is 7.37 Å². The first-order valence-electron chi connectivity index (χ1n) is 5.28. The first kappa shape index (κ1) is 14.1. The van der Waals surface area contributed by atoms with Crippen molar-refractivity contribution in [3.63, 3.8) is 0 Å². The molecule has 3 N–H and O–H groups in total. The van der Waals surface area contributed by atoms with Gasteiger partial charge in [0.1, 0.15) is 0 Å². The average Bonchev–Trinajstić information content (AvgIpc) is 2.11. The van der Waals surface area contributed by atoms with Crippen molar-refractivity contribution in [2.75, 3.05) is 26.2 Å². The number of nitrogens with one attached hydrogen (secondary N) is 2. The molecule has 0 aromatic carbocycles. The normalized spacial score (nSPS) is 15.4. The Morgan fingerprint density at radius 3 is 2.50 bits per heavy atom. The largest absolute Gasteiger partial charge is 0.343 e. The van der Waals surface area contributed by atoms with E-state index in [4.69, 9.17) is 0 Å². The Hall–Kier alpha value is 0.110. The topological polar surface area (TPSA) is 61.4 Å². The second-order valence-electron chi connectivity index (χ2n) is 3.58. The second-order valence-corrected chi connectivity index (χ2v) is 5.90. The van der Waals surface area contributed by atoms with Gasteiger partial charge in [0.2, 0.25) is 7.37 Å². The minimum Gasteiger partial charge on any atom is -0.343 e. The summed E-state index contributed by atoms with van der Waals surface area (Å²) in [4.78, 5) is 9.35. The second kappa shape index (κ2) is 8.42. The van der Waals surface area contributed by atoms with Crippen LogP contribution in [0.15, 0.2) is 0 Å². The van der Waals surface area contributed by atoms with Crippen molar-refractivity contribution in [1.29, 1.82) is 0 Å². The number of unbranched alkanes of at least 4 members (excludes halogenated alkanes) is 3. The maximum absolute atomic E-state index is 11.3. The van der Waals surface area contributed by atoms with Gasteiger partial charge >= 0.3 is 0 Å². The van der Waals surface area contributed by atoms with Gasteiger partial charge in [0.25, 0.3) is 0 Å². The molecule has 5 heteroatoms. The fourth-order valence-corrected chi connectivity index (χ4v) is 2.35. The van der Waals surface area contributed by atoms with Gasteiger partial charge in [-0.05, 0) is 20.0 Å². The molecule has 0 rings (SSSR count). The molecule has 1 unspecified atom stereocenters. The van der Waals surface area contributed by atoms with Gasteiger partial charge in [-0.2, -0.15) is 0 Å². The quantitative estimate of drug-likeness (QED) is 0.409. The third-order valence-corrected chi connectivity index (χ3v) is 3.50. The standard InChI is InChI=1S/C9H23N2O2P/c1-3-4-5-6-7-11-9-14(12,13)8-10-2/h10-11H,3-9H2,1-2H3,(H,12,13). The Bertz CT molecular complexity index is 176. The van der Waals surface area contributed by atoms with Crippen LogP contribution in [0.1, 0.15) is 32.6 Å². The molecule has 0 aliphatic rings. The van der Waals surface area contributed by atoms with Crippen molar-refractivity contribution in [1.82, 2.24) is 10.6 Å². The lowest BCUT2D eigenvalue weighted by Crippen LogP contribution is -2.21. The third-order valence-electron chi connectivity index (χ3n) is 1.97.